The largest absolute Gasteiger partial charge is 0.497 e. The van der Waals surface area contributed by atoms with Gasteiger partial charge in [0, 0.05) is 6.54 Å². The molecule has 1 aromatic carbocycles. The molecule has 0 aliphatic rings. The van der Waals surface area contributed by atoms with Gasteiger partial charge in [-0.3, -0.25) is 4.79 Å². The van der Waals surface area contributed by atoms with E-state index in [1.807, 2.05) is 12.1 Å². The lowest BCUT2D eigenvalue weighted by atomic mass is 10.2. The number of carbonyl (C=O) groups is 1. The molecule has 7 nitrogen and oxygen atoms in total. The molecule has 0 fully saturated rings. The number of hydrogen-bond donors (Lipinski definition) is 2. The van der Waals surface area contributed by atoms with Gasteiger partial charge in [0.15, 0.2) is 5.76 Å². The van der Waals surface area contributed by atoms with Crippen molar-refractivity contribution >= 4 is 15.9 Å². The number of ether oxygens (including phenoxy) is 1. The Morgan fingerprint density at radius 1 is 1.27 bits per heavy atom. The fourth-order valence-electron chi connectivity index (χ4n) is 1.74. The number of benzene rings is 1. The minimum absolute atomic E-state index is 0.0725. The highest BCUT2D eigenvalue weighted by atomic mass is 32.2. The number of methoxy groups -OCH3 is 1. The van der Waals surface area contributed by atoms with Crippen LogP contribution in [0.2, 0.25) is 0 Å². The van der Waals surface area contributed by atoms with E-state index in [2.05, 4.69) is 10.0 Å². The van der Waals surface area contributed by atoms with Gasteiger partial charge in [-0.1, -0.05) is 12.1 Å². The lowest BCUT2D eigenvalue weighted by molar-refractivity contribution is 0.0917. The molecule has 0 saturated heterocycles. The molecule has 0 unspecified atom stereocenters. The molecule has 2 aromatic rings. The van der Waals surface area contributed by atoms with Gasteiger partial charge in [-0.2, -0.15) is 0 Å². The summed E-state index contributed by atoms with van der Waals surface area (Å²) < 4.78 is 35.3. The Labute approximate surface area is 128 Å². The van der Waals surface area contributed by atoms with Crippen molar-refractivity contribution in [3.05, 3.63) is 47.7 Å². The van der Waals surface area contributed by atoms with Gasteiger partial charge in [0.25, 0.3) is 15.9 Å². The molecule has 1 aromatic heterocycles. The van der Waals surface area contributed by atoms with Crippen LogP contribution in [-0.4, -0.2) is 28.5 Å². The van der Waals surface area contributed by atoms with Gasteiger partial charge >= 0.3 is 0 Å². The molecule has 0 spiro atoms. The maximum atomic E-state index is 11.9. The minimum atomic E-state index is -3.70. The van der Waals surface area contributed by atoms with Crippen LogP contribution < -0.4 is 14.8 Å². The highest BCUT2D eigenvalue weighted by molar-refractivity contribution is 7.89. The Hall–Kier alpha value is -2.32. The zero-order chi connectivity index (χ0) is 16.2. The van der Waals surface area contributed by atoms with Crippen molar-refractivity contribution in [2.24, 2.45) is 0 Å². The Morgan fingerprint density at radius 3 is 2.73 bits per heavy atom. The van der Waals surface area contributed by atoms with Gasteiger partial charge in [-0.25, -0.2) is 13.1 Å². The molecular weight excluding hydrogens is 308 g/mol. The third-order valence-corrected chi connectivity index (χ3v) is 4.21. The third-order valence-electron chi connectivity index (χ3n) is 2.93. The molecule has 0 atom stereocenters. The summed E-state index contributed by atoms with van der Waals surface area (Å²) in [5, 5.41) is 2.34. The van der Waals surface area contributed by atoms with Crippen LogP contribution in [0.3, 0.4) is 0 Å². The summed E-state index contributed by atoms with van der Waals surface area (Å²) in [7, 11) is -0.876. The number of nitrogens with one attached hydrogen (secondary N) is 2. The Kier molecular flexibility index (Phi) is 4.84. The molecule has 8 heteroatoms. The zero-order valence-corrected chi connectivity index (χ0v) is 12.9. The van der Waals surface area contributed by atoms with Crippen LogP contribution in [0.25, 0.3) is 0 Å². The molecule has 0 radical (unpaired) electrons. The fraction of sp³-hybridized carbons (Fsp3) is 0.214. The van der Waals surface area contributed by atoms with Crippen LogP contribution in [0.4, 0.5) is 0 Å². The second-order valence-corrected chi connectivity index (χ2v) is 6.18. The molecule has 118 valence electrons. The van der Waals surface area contributed by atoms with Crippen LogP contribution >= 0.6 is 0 Å². The average Bonchev–Trinajstić information content (AvgIpc) is 3.03. The molecule has 22 heavy (non-hydrogen) atoms. The van der Waals surface area contributed by atoms with Crippen molar-refractivity contribution in [2.45, 2.75) is 11.6 Å². The lowest BCUT2D eigenvalue weighted by Gasteiger charge is -2.05. The summed E-state index contributed by atoms with van der Waals surface area (Å²) >= 11 is 0. The number of carbonyl (C=O) groups excluding carboxylic acids is 1. The third kappa shape index (κ3) is 3.66. The molecule has 0 aliphatic carbocycles. The topological polar surface area (TPSA) is 97.6 Å². The van der Waals surface area contributed by atoms with E-state index in [0.29, 0.717) is 5.75 Å². The van der Waals surface area contributed by atoms with E-state index < -0.39 is 15.9 Å². The minimum Gasteiger partial charge on any atom is -0.497 e. The summed E-state index contributed by atoms with van der Waals surface area (Å²) in [6.07, 6.45) is 0. The fourth-order valence-corrected chi connectivity index (χ4v) is 2.39. The molecule has 0 aliphatic heterocycles. The smallest absolute Gasteiger partial charge is 0.287 e. The van der Waals surface area contributed by atoms with Crippen molar-refractivity contribution in [2.75, 3.05) is 14.2 Å². The van der Waals surface area contributed by atoms with E-state index in [0.717, 1.165) is 5.56 Å². The highest BCUT2D eigenvalue weighted by Crippen LogP contribution is 2.15. The van der Waals surface area contributed by atoms with Crippen LogP contribution in [0.5, 0.6) is 5.75 Å². The maximum Gasteiger partial charge on any atom is 0.287 e. The summed E-state index contributed by atoms with van der Waals surface area (Å²) in [4.78, 5) is 11.9. The van der Waals surface area contributed by atoms with Gasteiger partial charge in [0.05, 0.1) is 7.11 Å². The Bertz CT molecular complexity index is 767. The van der Waals surface area contributed by atoms with Crippen LogP contribution in [-0.2, 0) is 16.6 Å². The standard InChI is InChI=1S/C14H16N2O5S/c1-15-22(18,19)13-7-6-12(21-13)14(17)16-9-10-4-3-5-11(8-10)20-2/h3-8,15H,9H2,1-2H3,(H,16,17). The monoisotopic (exact) mass is 324 g/mol. The van der Waals surface area contributed by atoms with Crippen molar-refractivity contribution in [1.29, 1.82) is 0 Å². The Morgan fingerprint density at radius 2 is 2.05 bits per heavy atom. The molecule has 0 bridgehead atoms. The van der Waals surface area contributed by atoms with E-state index in [1.165, 1.54) is 19.2 Å². The highest BCUT2D eigenvalue weighted by Gasteiger charge is 2.19. The van der Waals surface area contributed by atoms with Gasteiger partial charge in [-0.15, -0.1) is 0 Å². The van der Waals surface area contributed by atoms with Gasteiger partial charge in [0.1, 0.15) is 5.75 Å². The van der Waals surface area contributed by atoms with E-state index in [1.54, 1.807) is 19.2 Å². The van der Waals surface area contributed by atoms with Crippen molar-refractivity contribution in [1.82, 2.24) is 10.0 Å². The number of hydrogen-bond acceptors (Lipinski definition) is 5. The number of amides is 1. The molecule has 1 heterocycles. The first-order chi connectivity index (χ1) is 10.5. The maximum absolute atomic E-state index is 11.9. The summed E-state index contributed by atoms with van der Waals surface area (Å²) in [5.74, 6) is 0.115. The summed E-state index contributed by atoms with van der Waals surface area (Å²) in [6.45, 7) is 0.269. The van der Waals surface area contributed by atoms with Gasteiger partial charge < -0.3 is 14.5 Å². The molecule has 2 rings (SSSR count). The first-order valence-electron chi connectivity index (χ1n) is 6.41. The van der Waals surface area contributed by atoms with Crippen molar-refractivity contribution in [3.8, 4) is 5.75 Å². The predicted molar refractivity (Wildman–Crippen MR) is 79.1 cm³/mol. The van der Waals surface area contributed by atoms with E-state index in [9.17, 15) is 13.2 Å². The molecule has 2 N–H and O–H groups in total. The van der Waals surface area contributed by atoms with Crippen LogP contribution in [0.15, 0.2) is 45.9 Å². The van der Waals surface area contributed by atoms with Gasteiger partial charge in [0.2, 0.25) is 5.09 Å². The predicted octanol–water partition coefficient (Wildman–Crippen LogP) is 1.13. The second kappa shape index (κ2) is 6.63. The zero-order valence-electron chi connectivity index (χ0n) is 12.1. The number of sulfonamides is 1. The SMILES string of the molecule is CNS(=O)(=O)c1ccc(C(=O)NCc2cccc(OC)c2)o1. The van der Waals surface area contributed by atoms with E-state index >= 15 is 0 Å². The molecular formula is C14H16N2O5S. The van der Waals surface area contributed by atoms with Crippen molar-refractivity contribution in [3.63, 3.8) is 0 Å². The number of furan rings is 1. The van der Waals surface area contributed by atoms with Crippen LogP contribution in [0, 0.1) is 0 Å². The molecule has 0 saturated carbocycles. The van der Waals surface area contributed by atoms with Crippen molar-refractivity contribution < 1.29 is 22.4 Å². The average molecular weight is 324 g/mol. The first kappa shape index (κ1) is 16.1. The Balaban J connectivity index is 2.04. The van der Waals surface area contributed by atoms with E-state index in [4.69, 9.17) is 9.15 Å². The normalized spacial score (nSPS) is 11.2. The first-order valence-corrected chi connectivity index (χ1v) is 7.89. The van der Waals surface area contributed by atoms with E-state index in [-0.39, 0.29) is 17.4 Å². The summed E-state index contributed by atoms with van der Waals surface area (Å²) in [5.41, 5.74) is 0.849. The lowest BCUT2D eigenvalue weighted by Crippen LogP contribution is -2.22. The quantitative estimate of drug-likeness (QED) is 0.830. The van der Waals surface area contributed by atoms with Crippen LogP contribution in [0.1, 0.15) is 16.1 Å². The molecule has 1 amide bonds. The second-order valence-electron chi connectivity index (χ2n) is 4.36. The summed E-state index contributed by atoms with van der Waals surface area (Å²) in [6, 6.07) is 9.77. The number of rotatable bonds is 6. The van der Waals surface area contributed by atoms with Gasteiger partial charge in [-0.05, 0) is 36.9 Å².